The Kier molecular flexibility index (Phi) is 64.8. The van der Waals surface area contributed by atoms with Gasteiger partial charge in [-0.15, -0.1) is 70.6 Å². The molecule has 0 heterocycles. The van der Waals surface area contributed by atoms with Crippen molar-refractivity contribution in [3.63, 3.8) is 0 Å². The molecular formula is C70H138N2O10S6. The summed E-state index contributed by atoms with van der Waals surface area (Å²) in [6.07, 6.45) is 40.3. The maximum absolute atomic E-state index is 13.1. The van der Waals surface area contributed by atoms with E-state index >= 15 is 0 Å². The van der Waals surface area contributed by atoms with E-state index in [-0.39, 0.29) is 56.0 Å². The van der Waals surface area contributed by atoms with Gasteiger partial charge in [-0.05, 0) is 60.8 Å². The SMILES string of the molecule is CCCCCCCCCCCCOCCSC(C)(C)SCCOC(=O)CCN(CCO)CCN(CCC(=O)OCCSC(C)(C)SCCOCCCCCCCCCCCC)CCC(=O)OCCSC(C)(C)SCCOCCCCCCCCCCCC. The maximum atomic E-state index is 13.1. The summed E-state index contributed by atoms with van der Waals surface area (Å²) in [7, 11) is 0. The number of thioether (sulfide) groups is 6. The Morgan fingerprint density at radius 3 is 0.750 bits per heavy atom. The Balaban J connectivity index is 4.90. The molecule has 0 bridgehead atoms. The zero-order valence-electron chi connectivity index (χ0n) is 58.4. The highest BCUT2D eigenvalue weighted by Crippen LogP contribution is 2.38. The predicted molar refractivity (Wildman–Crippen MR) is 392 cm³/mol. The summed E-state index contributed by atoms with van der Waals surface area (Å²) in [5.74, 6) is 4.12. The van der Waals surface area contributed by atoms with E-state index in [2.05, 4.69) is 67.2 Å². The molecule has 0 aromatic carbocycles. The fourth-order valence-corrected chi connectivity index (χ4v) is 16.5. The van der Waals surface area contributed by atoms with Gasteiger partial charge in [0, 0.05) is 93.6 Å². The highest BCUT2D eigenvalue weighted by Gasteiger charge is 2.22. The van der Waals surface area contributed by atoms with Crippen LogP contribution in [0.4, 0.5) is 0 Å². The van der Waals surface area contributed by atoms with Crippen LogP contribution in [0.15, 0.2) is 0 Å². The first-order chi connectivity index (χ1) is 42.6. The lowest BCUT2D eigenvalue weighted by molar-refractivity contribution is -0.145. The van der Waals surface area contributed by atoms with Crippen molar-refractivity contribution in [2.24, 2.45) is 0 Å². The second-order valence-electron chi connectivity index (χ2n) is 25.0. The van der Waals surface area contributed by atoms with E-state index in [1.807, 2.05) is 40.2 Å². The molecule has 0 amide bonds. The lowest BCUT2D eigenvalue weighted by Gasteiger charge is -2.27. The van der Waals surface area contributed by atoms with E-state index in [0.29, 0.717) is 76.3 Å². The lowest BCUT2D eigenvalue weighted by atomic mass is 10.1. The number of rotatable bonds is 71. The fraction of sp³-hybridized carbons (Fsp3) is 0.957. The molecule has 0 atom stereocenters. The third kappa shape index (κ3) is 65.0. The smallest absolute Gasteiger partial charge is 0.307 e. The van der Waals surface area contributed by atoms with Gasteiger partial charge in [0.2, 0.25) is 0 Å². The Bertz CT molecular complexity index is 1470. The van der Waals surface area contributed by atoms with Crippen LogP contribution in [0.25, 0.3) is 0 Å². The third-order valence-electron chi connectivity index (χ3n) is 15.4. The molecule has 88 heavy (non-hydrogen) atoms. The number of unbranched alkanes of at least 4 members (excludes halogenated alkanes) is 27. The Labute approximate surface area is 568 Å². The van der Waals surface area contributed by atoms with Crippen molar-refractivity contribution < 1.29 is 47.9 Å². The van der Waals surface area contributed by atoms with Gasteiger partial charge in [0.25, 0.3) is 0 Å². The first kappa shape index (κ1) is 88.3. The van der Waals surface area contributed by atoms with Crippen molar-refractivity contribution in [3.8, 4) is 0 Å². The van der Waals surface area contributed by atoms with Crippen LogP contribution >= 0.6 is 70.6 Å². The molecule has 1 N–H and O–H groups in total. The van der Waals surface area contributed by atoms with Gasteiger partial charge in [0.1, 0.15) is 19.8 Å². The summed E-state index contributed by atoms with van der Waals surface area (Å²) in [5, 5.41) is 9.99. The number of carbonyl (C=O) groups excluding carboxylic acids is 3. The molecule has 0 aliphatic heterocycles. The normalized spacial score (nSPS) is 12.3. The van der Waals surface area contributed by atoms with Crippen LogP contribution < -0.4 is 0 Å². The summed E-state index contributed by atoms with van der Waals surface area (Å²) in [4.78, 5) is 43.3. The molecule has 18 heteroatoms. The molecule has 0 aromatic rings. The maximum Gasteiger partial charge on any atom is 0.307 e. The van der Waals surface area contributed by atoms with E-state index in [1.165, 1.54) is 173 Å². The molecule has 0 rings (SSSR count). The minimum Gasteiger partial charge on any atom is -0.465 e. The zero-order valence-corrected chi connectivity index (χ0v) is 63.3. The number of ether oxygens (including phenoxy) is 6. The standard InChI is InChI=1S/C70H138N2O10S6/c1-10-13-16-19-22-25-28-31-34-37-50-77-53-59-83-68(4,5)86-62-56-80-65(74)40-43-71(44-41-66(75)81-57-63-87-69(6,7)84-60-54-78-51-38-35-32-29-26-23-20-17-14-11-2)46-47-72(48-49-73)45-42-67(76)82-58-64-88-70(8,9)85-61-55-79-52-39-36-33-30-27-24-21-18-15-12-3/h73H,10-64H2,1-9H3. The summed E-state index contributed by atoms with van der Waals surface area (Å²) in [6.45, 7) is 28.6. The number of aliphatic hydroxyl groups excluding tert-OH is 1. The summed E-state index contributed by atoms with van der Waals surface area (Å²) in [6, 6.07) is 0. The molecule has 0 aliphatic rings. The highest BCUT2D eigenvalue weighted by atomic mass is 32.2. The fourth-order valence-electron chi connectivity index (χ4n) is 9.93. The van der Waals surface area contributed by atoms with Gasteiger partial charge in [0.05, 0.1) is 57.9 Å². The molecule has 0 spiro atoms. The van der Waals surface area contributed by atoms with Gasteiger partial charge in [-0.3, -0.25) is 19.3 Å². The van der Waals surface area contributed by atoms with Crippen LogP contribution in [0.1, 0.15) is 274 Å². The number of hydrogen-bond donors (Lipinski definition) is 1. The topological polar surface area (TPSA) is 133 Å². The first-order valence-corrected chi connectivity index (χ1v) is 41.6. The van der Waals surface area contributed by atoms with E-state index in [9.17, 15) is 19.5 Å². The molecule has 0 aliphatic carbocycles. The minimum atomic E-state index is -0.268. The monoisotopic (exact) mass is 1360 g/mol. The molecule has 0 aromatic heterocycles. The third-order valence-corrected chi connectivity index (χ3v) is 23.9. The molecular weight excluding hydrogens is 1220 g/mol. The average molecular weight is 1360 g/mol. The number of hydrogen-bond acceptors (Lipinski definition) is 18. The van der Waals surface area contributed by atoms with Crippen LogP contribution in [0.2, 0.25) is 0 Å². The molecule has 0 saturated carbocycles. The van der Waals surface area contributed by atoms with Crippen LogP contribution in [-0.2, 0) is 42.8 Å². The highest BCUT2D eigenvalue weighted by molar-refractivity contribution is 8.19. The quantitative estimate of drug-likeness (QED) is 0.0268. The molecule has 0 fully saturated rings. The van der Waals surface area contributed by atoms with Crippen molar-refractivity contribution in [2.75, 3.05) is 140 Å². The average Bonchev–Trinajstić information content (AvgIpc) is 3.57. The predicted octanol–water partition coefficient (Wildman–Crippen LogP) is 18.8. The Morgan fingerprint density at radius 1 is 0.295 bits per heavy atom. The van der Waals surface area contributed by atoms with Crippen molar-refractivity contribution >= 4 is 88.5 Å². The van der Waals surface area contributed by atoms with Gasteiger partial charge in [-0.1, -0.05) is 194 Å². The van der Waals surface area contributed by atoms with Gasteiger partial charge in [-0.25, -0.2) is 0 Å². The number of aliphatic hydroxyl groups is 1. The van der Waals surface area contributed by atoms with E-state index in [0.717, 1.165) is 76.2 Å². The molecule has 0 radical (unpaired) electrons. The molecule has 0 unspecified atom stereocenters. The molecule has 12 nitrogen and oxygen atoms in total. The van der Waals surface area contributed by atoms with Gasteiger partial charge in [0.15, 0.2) is 0 Å². The minimum absolute atomic E-state index is 0.0157. The summed E-state index contributed by atoms with van der Waals surface area (Å²) >= 11 is 11.0. The largest absolute Gasteiger partial charge is 0.465 e. The van der Waals surface area contributed by atoms with Crippen molar-refractivity contribution in [1.82, 2.24) is 9.80 Å². The van der Waals surface area contributed by atoms with Crippen molar-refractivity contribution in [2.45, 2.75) is 286 Å². The summed E-state index contributed by atoms with van der Waals surface area (Å²) in [5.41, 5.74) is 0. The number of esters is 3. The van der Waals surface area contributed by atoms with Crippen LogP contribution in [0.3, 0.4) is 0 Å². The van der Waals surface area contributed by atoms with E-state index in [4.69, 9.17) is 28.4 Å². The Hall–Kier alpha value is 0.270. The number of nitrogens with zero attached hydrogens (tertiary/aromatic N) is 2. The Morgan fingerprint density at radius 2 is 0.511 bits per heavy atom. The summed E-state index contributed by atoms with van der Waals surface area (Å²) < 4.78 is 34.9. The van der Waals surface area contributed by atoms with Crippen LogP contribution in [0, 0.1) is 0 Å². The molecule has 0 saturated heterocycles. The first-order valence-electron chi connectivity index (χ1n) is 35.7. The van der Waals surface area contributed by atoms with Crippen molar-refractivity contribution in [1.29, 1.82) is 0 Å². The zero-order chi connectivity index (χ0) is 64.8. The number of carbonyl (C=O) groups is 3. The van der Waals surface area contributed by atoms with Crippen LogP contribution in [0.5, 0.6) is 0 Å². The second-order valence-corrected chi connectivity index (χ2v) is 36.1. The van der Waals surface area contributed by atoms with Gasteiger partial charge < -0.3 is 38.4 Å². The van der Waals surface area contributed by atoms with Crippen LogP contribution in [-0.4, -0.2) is 185 Å². The lowest BCUT2D eigenvalue weighted by Crippen LogP contribution is -2.39. The van der Waals surface area contributed by atoms with Crippen molar-refractivity contribution in [3.05, 3.63) is 0 Å². The molecule has 524 valence electrons. The van der Waals surface area contributed by atoms with Gasteiger partial charge in [-0.2, -0.15) is 0 Å². The van der Waals surface area contributed by atoms with E-state index < -0.39 is 0 Å². The van der Waals surface area contributed by atoms with E-state index in [1.54, 1.807) is 35.3 Å². The second kappa shape index (κ2) is 64.6. The van der Waals surface area contributed by atoms with Gasteiger partial charge >= 0.3 is 17.9 Å².